The van der Waals surface area contributed by atoms with Crippen molar-refractivity contribution < 1.29 is 9.59 Å². The molecule has 0 saturated carbocycles. The number of carbonyl (C=O) groups excluding carboxylic acids is 2. The zero-order chi connectivity index (χ0) is 20.1. The van der Waals surface area contributed by atoms with Gasteiger partial charge in [0.05, 0.1) is 6.04 Å². The summed E-state index contributed by atoms with van der Waals surface area (Å²) in [5.41, 5.74) is 4.16. The second-order valence-electron chi connectivity index (χ2n) is 7.61. The van der Waals surface area contributed by atoms with Crippen LogP contribution in [-0.4, -0.2) is 41.2 Å². The second kappa shape index (κ2) is 9.05. The molecule has 2 amide bonds. The monoisotopic (exact) mass is 378 g/mol. The molecule has 0 aliphatic carbocycles. The van der Waals surface area contributed by atoms with Crippen LogP contribution in [0.4, 0.5) is 0 Å². The molecule has 148 valence electrons. The Morgan fingerprint density at radius 1 is 1.11 bits per heavy atom. The number of hydrogen-bond acceptors (Lipinski definition) is 2. The summed E-state index contributed by atoms with van der Waals surface area (Å²) >= 11 is 0. The molecule has 0 bridgehead atoms. The molecule has 0 aromatic heterocycles. The van der Waals surface area contributed by atoms with E-state index in [4.69, 9.17) is 0 Å². The van der Waals surface area contributed by atoms with E-state index in [1.807, 2.05) is 42.2 Å². The SMILES string of the molecule is CCCCN(CC(=O)N1CCc2ccccc2C1C)C(=O)c1ccccc1C. The van der Waals surface area contributed by atoms with Gasteiger partial charge in [-0.15, -0.1) is 0 Å². The highest BCUT2D eigenvalue weighted by molar-refractivity contribution is 5.97. The second-order valence-corrected chi connectivity index (χ2v) is 7.61. The predicted molar refractivity (Wildman–Crippen MR) is 112 cm³/mol. The lowest BCUT2D eigenvalue weighted by molar-refractivity contribution is -0.134. The van der Waals surface area contributed by atoms with Crippen molar-refractivity contribution in [3.63, 3.8) is 0 Å². The number of nitrogens with zero attached hydrogens (tertiary/aromatic N) is 2. The summed E-state index contributed by atoms with van der Waals surface area (Å²) in [6, 6.07) is 16.0. The quantitative estimate of drug-likeness (QED) is 0.748. The Kier molecular flexibility index (Phi) is 6.50. The van der Waals surface area contributed by atoms with E-state index >= 15 is 0 Å². The predicted octanol–water partition coefficient (Wildman–Crippen LogP) is 4.38. The lowest BCUT2D eigenvalue weighted by Crippen LogP contribution is -2.46. The highest BCUT2D eigenvalue weighted by atomic mass is 16.2. The number of carbonyl (C=O) groups is 2. The summed E-state index contributed by atoms with van der Waals surface area (Å²) in [7, 11) is 0. The van der Waals surface area contributed by atoms with Crippen LogP contribution in [0, 0.1) is 6.92 Å². The topological polar surface area (TPSA) is 40.6 Å². The Labute approximate surface area is 168 Å². The third-order valence-electron chi connectivity index (χ3n) is 5.69. The van der Waals surface area contributed by atoms with E-state index in [1.54, 1.807) is 4.90 Å². The Morgan fingerprint density at radius 2 is 1.82 bits per heavy atom. The van der Waals surface area contributed by atoms with Gasteiger partial charge in [0.25, 0.3) is 5.91 Å². The van der Waals surface area contributed by atoms with Crippen LogP contribution in [0.1, 0.15) is 59.8 Å². The summed E-state index contributed by atoms with van der Waals surface area (Å²) < 4.78 is 0. The minimum Gasteiger partial charge on any atom is -0.334 e. The van der Waals surface area contributed by atoms with E-state index in [-0.39, 0.29) is 24.4 Å². The molecule has 1 unspecified atom stereocenters. The van der Waals surface area contributed by atoms with E-state index in [0.29, 0.717) is 18.7 Å². The molecule has 2 aromatic rings. The van der Waals surface area contributed by atoms with Gasteiger partial charge in [0.2, 0.25) is 5.91 Å². The molecule has 4 nitrogen and oxygen atoms in total. The number of rotatable bonds is 6. The zero-order valence-electron chi connectivity index (χ0n) is 17.1. The molecule has 1 heterocycles. The fourth-order valence-corrected chi connectivity index (χ4v) is 3.95. The van der Waals surface area contributed by atoms with E-state index in [2.05, 4.69) is 32.0 Å². The third kappa shape index (κ3) is 4.27. The molecule has 0 spiro atoms. The Bertz CT molecular complexity index is 846. The van der Waals surface area contributed by atoms with Crippen molar-refractivity contribution in [2.45, 2.75) is 46.1 Å². The molecule has 2 aromatic carbocycles. The average molecular weight is 379 g/mol. The third-order valence-corrected chi connectivity index (χ3v) is 5.69. The molecule has 0 N–H and O–H groups in total. The van der Waals surface area contributed by atoms with Crippen molar-refractivity contribution in [2.24, 2.45) is 0 Å². The molecule has 4 heteroatoms. The van der Waals surface area contributed by atoms with E-state index in [1.165, 1.54) is 11.1 Å². The van der Waals surface area contributed by atoms with Crippen LogP contribution in [0.2, 0.25) is 0 Å². The Balaban J connectivity index is 1.77. The normalized spacial score (nSPS) is 15.8. The van der Waals surface area contributed by atoms with E-state index < -0.39 is 0 Å². The minimum absolute atomic E-state index is 0.0278. The first-order chi connectivity index (χ1) is 13.5. The van der Waals surface area contributed by atoms with E-state index in [0.717, 1.165) is 24.8 Å². The molecule has 1 atom stereocenters. The van der Waals surface area contributed by atoms with Crippen LogP contribution in [0.3, 0.4) is 0 Å². The van der Waals surface area contributed by atoms with Crippen LogP contribution in [-0.2, 0) is 11.2 Å². The Hall–Kier alpha value is -2.62. The standard InChI is InChI=1S/C24H30N2O2/c1-4-5-15-25(24(28)21-12-8-6-10-18(21)2)17-23(27)26-16-14-20-11-7-9-13-22(20)19(26)3/h6-13,19H,4-5,14-17H2,1-3H3. The first-order valence-electron chi connectivity index (χ1n) is 10.2. The fraction of sp³-hybridized carbons (Fsp3) is 0.417. The molecule has 1 aliphatic rings. The maximum absolute atomic E-state index is 13.1. The maximum Gasteiger partial charge on any atom is 0.254 e. The van der Waals surface area contributed by atoms with Gasteiger partial charge >= 0.3 is 0 Å². The largest absolute Gasteiger partial charge is 0.334 e. The number of aryl methyl sites for hydroxylation is 1. The minimum atomic E-state index is -0.0510. The van der Waals surface area contributed by atoms with Gasteiger partial charge in [0.1, 0.15) is 6.54 Å². The summed E-state index contributed by atoms with van der Waals surface area (Å²) in [6.07, 6.45) is 2.75. The molecule has 28 heavy (non-hydrogen) atoms. The first kappa shape index (κ1) is 20.1. The van der Waals surface area contributed by atoms with Crippen molar-refractivity contribution in [1.29, 1.82) is 0 Å². The van der Waals surface area contributed by atoms with Gasteiger partial charge in [0.15, 0.2) is 0 Å². The average Bonchev–Trinajstić information content (AvgIpc) is 2.71. The smallest absolute Gasteiger partial charge is 0.254 e. The van der Waals surface area contributed by atoms with Gasteiger partial charge in [-0.3, -0.25) is 9.59 Å². The number of benzene rings is 2. The van der Waals surface area contributed by atoms with Crippen molar-refractivity contribution in [3.05, 3.63) is 70.8 Å². The van der Waals surface area contributed by atoms with Crippen molar-refractivity contribution in [3.8, 4) is 0 Å². The number of fused-ring (bicyclic) bond motifs is 1. The summed E-state index contributed by atoms with van der Waals surface area (Å²) in [5, 5.41) is 0. The lowest BCUT2D eigenvalue weighted by Gasteiger charge is -2.36. The van der Waals surface area contributed by atoms with Crippen molar-refractivity contribution in [1.82, 2.24) is 9.80 Å². The molecule has 0 saturated heterocycles. The van der Waals surface area contributed by atoms with Crippen molar-refractivity contribution >= 4 is 11.8 Å². The summed E-state index contributed by atoms with van der Waals surface area (Å²) in [4.78, 5) is 29.9. The number of amides is 2. The van der Waals surface area contributed by atoms with Gasteiger partial charge in [-0.05, 0) is 49.4 Å². The summed E-state index contributed by atoms with van der Waals surface area (Å²) in [5.74, 6) is -0.0231. The molecule has 0 fully saturated rings. The molecular formula is C24H30N2O2. The van der Waals surface area contributed by atoms with Gasteiger partial charge in [0, 0.05) is 18.7 Å². The van der Waals surface area contributed by atoms with Crippen LogP contribution in [0.25, 0.3) is 0 Å². The van der Waals surface area contributed by atoms with Gasteiger partial charge in [-0.2, -0.15) is 0 Å². The van der Waals surface area contributed by atoms with Gasteiger partial charge < -0.3 is 9.80 Å². The lowest BCUT2D eigenvalue weighted by atomic mass is 9.93. The maximum atomic E-state index is 13.1. The van der Waals surface area contributed by atoms with Gasteiger partial charge in [-0.1, -0.05) is 55.8 Å². The zero-order valence-corrected chi connectivity index (χ0v) is 17.1. The van der Waals surface area contributed by atoms with Crippen LogP contribution < -0.4 is 0 Å². The van der Waals surface area contributed by atoms with Crippen LogP contribution in [0.15, 0.2) is 48.5 Å². The van der Waals surface area contributed by atoms with Crippen LogP contribution >= 0.6 is 0 Å². The van der Waals surface area contributed by atoms with E-state index in [9.17, 15) is 9.59 Å². The fourth-order valence-electron chi connectivity index (χ4n) is 3.95. The molecule has 3 rings (SSSR count). The number of hydrogen-bond donors (Lipinski definition) is 0. The summed E-state index contributed by atoms with van der Waals surface area (Å²) in [6.45, 7) is 7.57. The highest BCUT2D eigenvalue weighted by Crippen LogP contribution is 2.29. The Morgan fingerprint density at radius 3 is 2.57 bits per heavy atom. The molecular weight excluding hydrogens is 348 g/mol. The highest BCUT2D eigenvalue weighted by Gasteiger charge is 2.29. The first-order valence-corrected chi connectivity index (χ1v) is 10.2. The van der Waals surface area contributed by atoms with Gasteiger partial charge in [-0.25, -0.2) is 0 Å². The molecule has 1 aliphatic heterocycles. The van der Waals surface area contributed by atoms with Crippen molar-refractivity contribution in [2.75, 3.05) is 19.6 Å². The molecule has 0 radical (unpaired) electrons. The number of unbranched alkanes of at least 4 members (excludes halogenated alkanes) is 1. The van der Waals surface area contributed by atoms with Crippen LogP contribution in [0.5, 0.6) is 0 Å².